The van der Waals surface area contributed by atoms with Crippen LogP contribution in [-0.4, -0.2) is 24.7 Å². The number of thioether (sulfide) groups is 1. The van der Waals surface area contributed by atoms with Crippen LogP contribution in [0.3, 0.4) is 0 Å². The minimum absolute atomic E-state index is 0.454. The lowest BCUT2D eigenvalue weighted by molar-refractivity contribution is 0.573. The van der Waals surface area contributed by atoms with Crippen LogP contribution in [0, 0.1) is 0 Å². The summed E-state index contributed by atoms with van der Waals surface area (Å²) in [4.78, 5) is 8.80. The monoisotopic (exact) mass is 479 g/mol. The van der Waals surface area contributed by atoms with Crippen molar-refractivity contribution in [2.24, 2.45) is 0 Å². The first kappa shape index (κ1) is 20.8. The molecule has 5 aromatic rings. The maximum Gasteiger partial charge on any atom is 0.226 e. The number of benzene rings is 2. The van der Waals surface area contributed by atoms with E-state index in [-0.39, 0.29) is 0 Å². The fraction of sp³-hybridized carbons (Fsp3) is 0.0435. The maximum absolute atomic E-state index is 6.29. The van der Waals surface area contributed by atoms with Crippen LogP contribution in [0.4, 0.5) is 0 Å². The molecule has 0 fully saturated rings. The van der Waals surface area contributed by atoms with Gasteiger partial charge in [-0.25, -0.2) is 4.98 Å². The number of nitrogens with zero attached hydrogens (tertiary/aromatic N) is 5. The molecule has 0 amide bonds. The second-order valence-corrected chi connectivity index (χ2v) is 8.54. The summed E-state index contributed by atoms with van der Waals surface area (Å²) in [5, 5.41) is 10.5. The molecule has 3 heterocycles. The lowest BCUT2D eigenvalue weighted by Gasteiger charge is -2.11. The van der Waals surface area contributed by atoms with Gasteiger partial charge in [-0.05, 0) is 42.5 Å². The lowest BCUT2D eigenvalue weighted by atomic mass is 10.2. The first-order valence-corrected chi connectivity index (χ1v) is 11.4. The van der Waals surface area contributed by atoms with Crippen LogP contribution in [-0.2, 0) is 5.75 Å². The molecule has 6 nitrogen and oxygen atoms in total. The van der Waals surface area contributed by atoms with E-state index in [1.807, 2.05) is 53.1 Å². The quantitative estimate of drug-likeness (QED) is 0.256. The fourth-order valence-corrected chi connectivity index (χ4v) is 4.25. The van der Waals surface area contributed by atoms with E-state index < -0.39 is 0 Å². The molecular formula is C23H15Cl2N5OS. The van der Waals surface area contributed by atoms with Crippen LogP contribution in [0.2, 0.25) is 10.0 Å². The second kappa shape index (κ2) is 9.16. The van der Waals surface area contributed by atoms with Crippen molar-refractivity contribution < 1.29 is 4.42 Å². The van der Waals surface area contributed by atoms with Gasteiger partial charge in [-0.15, -0.1) is 10.2 Å². The van der Waals surface area contributed by atoms with E-state index >= 15 is 0 Å². The second-order valence-electron chi connectivity index (χ2n) is 6.78. The molecule has 0 bridgehead atoms. The Balaban J connectivity index is 1.47. The molecule has 0 saturated carbocycles. The van der Waals surface area contributed by atoms with E-state index in [1.165, 1.54) is 11.8 Å². The van der Waals surface area contributed by atoms with Gasteiger partial charge in [0.1, 0.15) is 6.26 Å². The number of pyridine rings is 1. The zero-order valence-electron chi connectivity index (χ0n) is 16.5. The van der Waals surface area contributed by atoms with Crippen LogP contribution in [0.25, 0.3) is 28.5 Å². The van der Waals surface area contributed by atoms with Gasteiger partial charge in [0.2, 0.25) is 5.89 Å². The number of aromatic nitrogens is 5. The highest BCUT2D eigenvalue weighted by atomic mass is 35.5. The molecular weight excluding hydrogens is 465 g/mol. The van der Waals surface area contributed by atoms with Gasteiger partial charge in [0, 0.05) is 29.3 Å². The van der Waals surface area contributed by atoms with Crippen molar-refractivity contribution in [1.29, 1.82) is 0 Å². The van der Waals surface area contributed by atoms with E-state index in [2.05, 4.69) is 20.2 Å². The Morgan fingerprint density at radius 2 is 1.75 bits per heavy atom. The predicted molar refractivity (Wildman–Crippen MR) is 126 cm³/mol. The summed E-state index contributed by atoms with van der Waals surface area (Å²) in [6, 6.07) is 19.0. The minimum Gasteiger partial charge on any atom is -0.444 e. The molecule has 0 radical (unpaired) electrons. The third-order valence-corrected chi connectivity index (χ3v) is 6.34. The van der Waals surface area contributed by atoms with Gasteiger partial charge < -0.3 is 4.42 Å². The Hall–Kier alpha value is -3.13. The summed E-state index contributed by atoms with van der Waals surface area (Å²) < 4.78 is 7.58. The van der Waals surface area contributed by atoms with E-state index in [4.69, 9.17) is 27.6 Å². The van der Waals surface area contributed by atoms with E-state index in [1.54, 1.807) is 30.8 Å². The number of oxazole rings is 1. The molecule has 0 N–H and O–H groups in total. The third-order valence-electron chi connectivity index (χ3n) is 4.64. The summed E-state index contributed by atoms with van der Waals surface area (Å²) in [5.74, 6) is 1.80. The molecule has 0 atom stereocenters. The number of halogens is 2. The standard InChI is InChI=1S/C23H15Cl2N5OS/c24-19-9-8-18(11-20(19)25)30-21(16-7-4-10-26-12-16)28-29-23(30)32-14-17-13-31-22(27-17)15-5-2-1-3-6-15/h1-13H,14H2. The molecule has 0 aliphatic carbocycles. The number of hydrogen-bond acceptors (Lipinski definition) is 6. The minimum atomic E-state index is 0.454. The Morgan fingerprint density at radius 3 is 2.53 bits per heavy atom. The number of rotatable bonds is 6. The lowest BCUT2D eigenvalue weighted by Crippen LogP contribution is -2.00. The summed E-state index contributed by atoms with van der Waals surface area (Å²) in [7, 11) is 0. The van der Waals surface area contributed by atoms with Crippen molar-refractivity contribution in [2.45, 2.75) is 10.9 Å². The fourth-order valence-electron chi connectivity index (χ4n) is 3.13. The molecule has 3 aromatic heterocycles. The maximum atomic E-state index is 6.29. The summed E-state index contributed by atoms with van der Waals surface area (Å²) in [6.45, 7) is 0. The molecule has 5 rings (SSSR count). The first-order chi connectivity index (χ1) is 15.7. The highest BCUT2D eigenvalue weighted by Gasteiger charge is 2.18. The molecule has 9 heteroatoms. The van der Waals surface area contributed by atoms with Gasteiger partial charge >= 0.3 is 0 Å². The Labute approximate surface area is 198 Å². The van der Waals surface area contributed by atoms with E-state index in [0.717, 1.165) is 22.5 Å². The van der Waals surface area contributed by atoms with Crippen LogP contribution in [0.5, 0.6) is 0 Å². The van der Waals surface area contributed by atoms with Gasteiger partial charge in [-0.2, -0.15) is 0 Å². The van der Waals surface area contributed by atoms with Crippen LogP contribution in [0.15, 0.2) is 88.9 Å². The van der Waals surface area contributed by atoms with Gasteiger partial charge in [-0.3, -0.25) is 9.55 Å². The van der Waals surface area contributed by atoms with Crippen molar-refractivity contribution in [3.8, 4) is 28.5 Å². The summed E-state index contributed by atoms with van der Waals surface area (Å²) in [6.07, 6.45) is 5.13. The largest absolute Gasteiger partial charge is 0.444 e. The van der Waals surface area contributed by atoms with E-state index in [9.17, 15) is 0 Å². The van der Waals surface area contributed by atoms with Gasteiger partial charge in [0.25, 0.3) is 0 Å². The smallest absolute Gasteiger partial charge is 0.226 e. The Morgan fingerprint density at radius 1 is 0.906 bits per heavy atom. The van der Waals surface area contributed by atoms with Gasteiger partial charge in [-0.1, -0.05) is 53.2 Å². The first-order valence-electron chi connectivity index (χ1n) is 9.63. The highest BCUT2D eigenvalue weighted by Crippen LogP contribution is 2.32. The molecule has 0 aliphatic heterocycles. The average molecular weight is 480 g/mol. The Kier molecular flexibility index (Phi) is 5.94. The summed E-state index contributed by atoms with van der Waals surface area (Å²) in [5.41, 5.74) is 3.38. The zero-order valence-corrected chi connectivity index (χ0v) is 18.8. The highest BCUT2D eigenvalue weighted by molar-refractivity contribution is 7.98. The van der Waals surface area contributed by atoms with Crippen molar-refractivity contribution in [3.63, 3.8) is 0 Å². The van der Waals surface area contributed by atoms with Crippen molar-refractivity contribution in [1.82, 2.24) is 24.7 Å². The number of hydrogen-bond donors (Lipinski definition) is 0. The van der Waals surface area contributed by atoms with E-state index in [0.29, 0.717) is 32.7 Å². The molecule has 0 spiro atoms. The molecule has 2 aromatic carbocycles. The molecule has 0 unspecified atom stereocenters. The predicted octanol–water partition coefficient (Wildman–Crippen LogP) is 6.58. The SMILES string of the molecule is Clc1ccc(-n2c(SCc3coc(-c4ccccc4)n3)nnc2-c2cccnc2)cc1Cl. The van der Waals surface area contributed by atoms with Crippen molar-refractivity contribution >= 4 is 35.0 Å². The molecule has 158 valence electrons. The zero-order chi connectivity index (χ0) is 21.9. The topological polar surface area (TPSA) is 69.6 Å². The molecule has 0 saturated heterocycles. The van der Waals surface area contributed by atoms with Crippen LogP contribution in [0.1, 0.15) is 5.69 Å². The van der Waals surface area contributed by atoms with Crippen LogP contribution < -0.4 is 0 Å². The van der Waals surface area contributed by atoms with Crippen LogP contribution >= 0.6 is 35.0 Å². The van der Waals surface area contributed by atoms with Gasteiger partial charge in [0.05, 0.1) is 21.4 Å². The molecule has 0 aliphatic rings. The van der Waals surface area contributed by atoms with Crippen molar-refractivity contribution in [2.75, 3.05) is 0 Å². The molecule has 32 heavy (non-hydrogen) atoms. The average Bonchev–Trinajstić information content (AvgIpc) is 3.48. The third kappa shape index (κ3) is 4.27. The summed E-state index contributed by atoms with van der Waals surface area (Å²) >= 11 is 13.9. The van der Waals surface area contributed by atoms with Gasteiger partial charge in [0.15, 0.2) is 11.0 Å². The normalized spacial score (nSPS) is 11.1. The Bertz CT molecular complexity index is 1360. The van der Waals surface area contributed by atoms with Crippen molar-refractivity contribution in [3.05, 3.63) is 95.1 Å².